The van der Waals surface area contributed by atoms with Gasteiger partial charge in [-0.05, 0) is 36.6 Å². The van der Waals surface area contributed by atoms with E-state index in [9.17, 15) is 14.4 Å². The summed E-state index contributed by atoms with van der Waals surface area (Å²) in [7, 11) is 1.39. The second-order valence-electron chi connectivity index (χ2n) is 5.90. The van der Waals surface area contributed by atoms with Crippen LogP contribution in [0.15, 0.2) is 40.1 Å². The number of thiophene rings is 1. The molecule has 0 radical (unpaired) electrons. The minimum Gasteiger partial charge on any atom is -0.449 e. The third-order valence-corrected chi connectivity index (χ3v) is 4.99. The molecule has 8 nitrogen and oxygen atoms in total. The summed E-state index contributed by atoms with van der Waals surface area (Å²) in [6.07, 6.45) is -0.771. The Morgan fingerprint density at radius 2 is 1.96 bits per heavy atom. The number of rotatable bonds is 4. The predicted molar refractivity (Wildman–Crippen MR) is 94.3 cm³/mol. The Morgan fingerprint density at radius 3 is 2.70 bits per heavy atom. The zero-order valence-electron chi connectivity index (χ0n) is 14.3. The van der Waals surface area contributed by atoms with Crippen LogP contribution in [0.5, 0.6) is 0 Å². The van der Waals surface area contributed by atoms with Gasteiger partial charge in [0.05, 0.1) is 21.6 Å². The number of amides is 2. The maximum absolute atomic E-state index is 12.4. The van der Waals surface area contributed by atoms with E-state index in [-0.39, 0.29) is 22.6 Å². The number of carbonyl (C=O) groups is 3. The maximum Gasteiger partial charge on any atom is 0.338 e. The zero-order valence-corrected chi connectivity index (χ0v) is 15.1. The highest BCUT2D eigenvalue weighted by molar-refractivity contribution is 7.13. The van der Waals surface area contributed by atoms with Crippen LogP contribution in [-0.4, -0.2) is 39.9 Å². The predicted octanol–water partition coefficient (Wildman–Crippen LogP) is 2.94. The number of ether oxygens (including phenoxy) is 1. The van der Waals surface area contributed by atoms with E-state index < -0.39 is 23.9 Å². The lowest BCUT2D eigenvalue weighted by Crippen LogP contribution is -2.24. The van der Waals surface area contributed by atoms with Crippen LogP contribution in [0.2, 0.25) is 0 Å². The lowest BCUT2D eigenvalue weighted by atomic mass is 10.1. The molecule has 0 fully saturated rings. The molecule has 0 saturated carbocycles. The third kappa shape index (κ3) is 2.91. The van der Waals surface area contributed by atoms with Gasteiger partial charge in [0.1, 0.15) is 0 Å². The SMILES string of the molecule is CC(OC(=O)c1ccc2c(c1)C(=O)N(C)C2=O)c1nnc(-c2cccs2)o1. The van der Waals surface area contributed by atoms with Crippen LogP contribution in [-0.2, 0) is 4.74 Å². The van der Waals surface area contributed by atoms with Crippen molar-refractivity contribution < 1.29 is 23.5 Å². The average Bonchev–Trinajstić information content (AvgIpc) is 3.39. The van der Waals surface area contributed by atoms with Crippen molar-refractivity contribution in [2.45, 2.75) is 13.0 Å². The fraction of sp³-hybridized carbons (Fsp3) is 0.167. The number of nitrogens with zero attached hydrogens (tertiary/aromatic N) is 3. The number of fused-ring (bicyclic) bond motifs is 1. The Hall–Kier alpha value is -3.33. The van der Waals surface area contributed by atoms with E-state index in [1.165, 1.54) is 36.6 Å². The Balaban J connectivity index is 1.51. The minimum absolute atomic E-state index is 0.162. The highest BCUT2D eigenvalue weighted by Crippen LogP contribution is 2.27. The van der Waals surface area contributed by atoms with Gasteiger partial charge in [-0.25, -0.2) is 4.79 Å². The average molecular weight is 383 g/mol. The molecular formula is C18H13N3O5S. The van der Waals surface area contributed by atoms with Crippen LogP contribution in [0.1, 0.15) is 50.0 Å². The van der Waals surface area contributed by atoms with Crippen molar-refractivity contribution in [3.8, 4) is 10.8 Å². The molecule has 0 saturated heterocycles. The summed E-state index contributed by atoms with van der Waals surface area (Å²) in [6, 6.07) is 7.97. The number of carbonyl (C=O) groups excluding carboxylic acids is 3. The van der Waals surface area contributed by atoms with Crippen LogP contribution in [0.4, 0.5) is 0 Å². The molecule has 3 heterocycles. The quantitative estimate of drug-likeness (QED) is 0.504. The number of esters is 1. The number of hydrogen-bond acceptors (Lipinski definition) is 8. The molecule has 1 aromatic carbocycles. The molecule has 0 bridgehead atoms. The number of aromatic nitrogens is 2. The number of benzene rings is 1. The second-order valence-corrected chi connectivity index (χ2v) is 6.85. The van der Waals surface area contributed by atoms with Gasteiger partial charge >= 0.3 is 5.97 Å². The van der Waals surface area contributed by atoms with Gasteiger partial charge in [-0.1, -0.05) is 6.07 Å². The van der Waals surface area contributed by atoms with E-state index in [2.05, 4.69) is 10.2 Å². The topological polar surface area (TPSA) is 103 Å². The first-order chi connectivity index (χ1) is 13.0. The van der Waals surface area contributed by atoms with Crippen LogP contribution in [0.25, 0.3) is 10.8 Å². The normalized spacial score (nSPS) is 14.4. The lowest BCUT2D eigenvalue weighted by Gasteiger charge is -2.09. The second kappa shape index (κ2) is 6.44. The summed E-state index contributed by atoms with van der Waals surface area (Å²) in [5.74, 6) is -0.979. The molecule has 0 N–H and O–H groups in total. The number of hydrogen-bond donors (Lipinski definition) is 0. The van der Waals surface area contributed by atoms with Crippen molar-refractivity contribution in [1.29, 1.82) is 0 Å². The Morgan fingerprint density at radius 1 is 1.19 bits per heavy atom. The largest absolute Gasteiger partial charge is 0.449 e. The van der Waals surface area contributed by atoms with Crippen molar-refractivity contribution >= 4 is 29.1 Å². The monoisotopic (exact) mass is 383 g/mol. The van der Waals surface area contributed by atoms with Gasteiger partial charge in [0.15, 0.2) is 6.10 Å². The van der Waals surface area contributed by atoms with Gasteiger partial charge in [0, 0.05) is 7.05 Å². The van der Waals surface area contributed by atoms with Crippen molar-refractivity contribution in [3.63, 3.8) is 0 Å². The Bertz CT molecular complexity index is 1060. The molecule has 3 aromatic rings. The number of imide groups is 1. The first-order valence-electron chi connectivity index (χ1n) is 8.00. The van der Waals surface area contributed by atoms with E-state index in [0.717, 1.165) is 9.78 Å². The fourth-order valence-electron chi connectivity index (χ4n) is 2.67. The summed E-state index contributed by atoms with van der Waals surface area (Å²) < 4.78 is 10.9. The van der Waals surface area contributed by atoms with Gasteiger partial charge in [-0.15, -0.1) is 21.5 Å². The molecular weight excluding hydrogens is 370 g/mol. The highest BCUT2D eigenvalue weighted by atomic mass is 32.1. The van der Waals surface area contributed by atoms with Crippen molar-refractivity contribution in [2.24, 2.45) is 0 Å². The maximum atomic E-state index is 12.4. The zero-order chi connectivity index (χ0) is 19.1. The molecule has 0 aliphatic carbocycles. The molecule has 1 aliphatic rings. The van der Waals surface area contributed by atoms with E-state index in [1.807, 2.05) is 17.5 Å². The van der Waals surface area contributed by atoms with E-state index >= 15 is 0 Å². The summed E-state index contributed by atoms with van der Waals surface area (Å²) in [5, 5.41) is 9.75. The van der Waals surface area contributed by atoms with Crippen LogP contribution < -0.4 is 0 Å². The molecule has 1 aliphatic heterocycles. The van der Waals surface area contributed by atoms with Crippen molar-refractivity contribution in [3.05, 3.63) is 58.3 Å². The smallest absolute Gasteiger partial charge is 0.338 e. The van der Waals surface area contributed by atoms with Gasteiger partial charge < -0.3 is 9.15 Å². The van der Waals surface area contributed by atoms with E-state index in [0.29, 0.717) is 5.89 Å². The summed E-state index contributed by atoms with van der Waals surface area (Å²) in [5.41, 5.74) is 0.613. The molecule has 2 amide bonds. The molecule has 136 valence electrons. The van der Waals surface area contributed by atoms with Crippen LogP contribution in [0.3, 0.4) is 0 Å². The molecule has 2 aromatic heterocycles. The van der Waals surface area contributed by atoms with Crippen LogP contribution in [0, 0.1) is 0 Å². The summed E-state index contributed by atoms with van der Waals surface area (Å²) in [6.45, 7) is 1.61. The van der Waals surface area contributed by atoms with Gasteiger partial charge in [-0.3, -0.25) is 14.5 Å². The molecule has 1 unspecified atom stereocenters. The Kier molecular flexibility index (Phi) is 4.08. The summed E-state index contributed by atoms with van der Waals surface area (Å²) >= 11 is 1.46. The van der Waals surface area contributed by atoms with Crippen molar-refractivity contribution in [2.75, 3.05) is 7.05 Å². The third-order valence-electron chi connectivity index (χ3n) is 4.13. The first kappa shape index (κ1) is 17.1. The molecule has 27 heavy (non-hydrogen) atoms. The first-order valence-corrected chi connectivity index (χ1v) is 8.88. The van der Waals surface area contributed by atoms with Gasteiger partial charge in [0.2, 0.25) is 0 Å². The fourth-order valence-corrected chi connectivity index (χ4v) is 3.31. The van der Waals surface area contributed by atoms with E-state index in [1.54, 1.807) is 6.92 Å². The summed E-state index contributed by atoms with van der Waals surface area (Å²) in [4.78, 5) is 38.2. The van der Waals surface area contributed by atoms with E-state index in [4.69, 9.17) is 9.15 Å². The minimum atomic E-state index is -0.771. The lowest BCUT2D eigenvalue weighted by molar-refractivity contribution is 0.0279. The molecule has 1 atom stereocenters. The molecule has 4 rings (SSSR count). The Labute approximate surface area is 157 Å². The van der Waals surface area contributed by atoms with Crippen molar-refractivity contribution in [1.82, 2.24) is 15.1 Å². The molecule has 0 spiro atoms. The molecule has 9 heteroatoms. The van der Waals surface area contributed by atoms with Crippen LogP contribution >= 0.6 is 11.3 Å². The van der Waals surface area contributed by atoms with Gasteiger partial charge in [0.25, 0.3) is 23.6 Å². The van der Waals surface area contributed by atoms with Gasteiger partial charge in [-0.2, -0.15) is 0 Å². The highest BCUT2D eigenvalue weighted by Gasteiger charge is 2.33. The standard InChI is InChI=1S/C18H13N3O5S/c1-9(14-19-20-15(26-14)13-4-3-7-27-13)25-18(24)10-5-6-11-12(8-10)17(23)21(2)16(11)22/h3-9H,1-2H3.